The van der Waals surface area contributed by atoms with Crippen LogP contribution in [0, 0.1) is 9.56 Å². The van der Waals surface area contributed by atoms with E-state index in [4.69, 9.17) is 39.0 Å². The minimum Gasteiger partial charge on any atom is -0.377 e. The van der Waals surface area contributed by atoms with Crippen molar-refractivity contribution in [1.82, 2.24) is 29.9 Å². The van der Waals surface area contributed by atoms with Gasteiger partial charge < -0.3 is 29.2 Å². The summed E-state index contributed by atoms with van der Waals surface area (Å²) < 4.78 is 52.1. The molecule has 16 heteroatoms. The zero-order chi connectivity index (χ0) is 40.5. The Bertz CT molecular complexity index is 2550. The van der Waals surface area contributed by atoms with Gasteiger partial charge in [-0.1, -0.05) is 24.3 Å². The number of hydrogen-bond donors (Lipinski definition) is 4. The second kappa shape index (κ2) is 14.4. The molecule has 58 heavy (non-hydrogen) atoms. The van der Waals surface area contributed by atoms with Gasteiger partial charge in [0, 0.05) is 83.1 Å². The number of ether oxygens (including phenoxy) is 2. The van der Waals surface area contributed by atoms with Gasteiger partial charge in [0.25, 0.3) is 0 Å². The Morgan fingerprint density at radius 3 is 1.43 bits per heavy atom. The number of H-pyrrole nitrogens is 2. The van der Waals surface area contributed by atoms with Crippen LogP contribution in [0.2, 0.25) is 0 Å². The Kier molecular flexibility index (Phi) is 9.61. The maximum Gasteiger partial charge on any atom is 0.162 e. The summed E-state index contributed by atoms with van der Waals surface area (Å²) in [6.07, 6.45) is 9.81. The molecule has 4 aliphatic rings. The quantitative estimate of drug-likeness (QED) is 0.124. The summed E-state index contributed by atoms with van der Waals surface area (Å²) in [4.78, 5) is 30.5. The molecule has 304 valence electrons. The second-order valence-corrected chi connectivity index (χ2v) is 21.2. The number of aromatic amines is 2. The minimum atomic E-state index is -2.78. The Balaban J connectivity index is 0.000000150. The van der Waals surface area contributed by atoms with E-state index in [2.05, 4.69) is 33.6 Å². The summed E-state index contributed by atoms with van der Waals surface area (Å²) in [6.45, 7) is 8.34. The molecule has 0 unspecified atom stereocenters. The number of nitrogens with one attached hydrogen (secondary N) is 4. The molecule has 0 bridgehead atoms. The zero-order valence-corrected chi connectivity index (χ0v) is 34.9. The second-order valence-electron chi connectivity index (χ2n) is 16.3. The van der Waals surface area contributed by atoms with Crippen LogP contribution in [0.15, 0.2) is 73.1 Å². The molecular weight excluding hydrogens is 773 g/mol. The molecule has 0 radical (unpaired) electrons. The van der Waals surface area contributed by atoms with Crippen molar-refractivity contribution in [3.63, 3.8) is 0 Å². The van der Waals surface area contributed by atoms with Gasteiger partial charge in [0.05, 0.1) is 78.9 Å². The average Bonchev–Trinajstić information content (AvgIpc) is 4.11. The van der Waals surface area contributed by atoms with Crippen molar-refractivity contribution in [2.75, 3.05) is 61.8 Å². The van der Waals surface area contributed by atoms with E-state index in [0.29, 0.717) is 38.1 Å². The number of aromatic nitrogens is 6. The highest BCUT2D eigenvalue weighted by atomic mass is 32.2. The highest BCUT2D eigenvalue weighted by Crippen LogP contribution is 2.54. The highest BCUT2D eigenvalue weighted by Gasteiger charge is 2.54. The molecular formula is C42H50N10O4S2. The SMILES string of the molecule is C[C@@H]1COCCN1c1cc(C2([S@@](C)(=N)=O)CC2)nc(-c2cccc3[nH]ccc23)n1.C[C@@H]1COCCN1c1cc(C2([S@](C)(=N)=O)CC2)nc(-c2cccc3[nH]ccc23)n1. The van der Waals surface area contributed by atoms with Crippen LogP contribution in [0.4, 0.5) is 11.6 Å². The third kappa shape index (κ3) is 6.82. The van der Waals surface area contributed by atoms with Crippen LogP contribution in [-0.4, -0.2) is 102 Å². The Labute approximate surface area is 339 Å². The van der Waals surface area contributed by atoms with Crippen LogP contribution in [-0.2, 0) is 38.4 Å². The van der Waals surface area contributed by atoms with E-state index in [1.807, 2.05) is 73.1 Å². The van der Waals surface area contributed by atoms with Crippen molar-refractivity contribution >= 4 is 52.9 Å². The molecule has 2 saturated heterocycles. The molecule has 6 heterocycles. The first kappa shape index (κ1) is 38.6. The normalized spacial score (nSPS) is 23.1. The van der Waals surface area contributed by atoms with Gasteiger partial charge in [0.2, 0.25) is 0 Å². The van der Waals surface area contributed by atoms with E-state index in [1.165, 1.54) is 12.5 Å². The van der Waals surface area contributed by atoms with Crippen molar-refractivity contribution in [3.8, 4) is 22.8 Å². The molecule has 4 aromatic heterocycles. The molecule has 10 rings (SSSR count). The van der Waals surface area contributed by atoms with Crippen molar-refractivity contribution < 1.29 is 17.9 Å². The third-order valence-electron chi connectivity index (χ3n) is 12.3. The summed E-state index contributed by atoms with van der Waals surface area (Å²) >= 11 is 0. The van der Waals surface area contributed by atoms with Crippen LogP contribution >= 0.6 is 0 Å². The van der Waals surface area contributed by atoms with E-state index in [0.717, 1.165) is 94.7 Å². The molecule has 2 aliphatic carbocycles. The summed E-state index contributed by atoms with van der Waals surface area (Å²) in [7, 11) is -5.55. The molecule has 0 amide bonds. The standard InChI is InChI=1S/2C21H25N5O2S/c2*1-14-13-28-11-10-26(14)19-12-18(21(7-8-21)29(2,22)27)24-20(25-19)16-4-3-5-17-15(16)6-9-23-17/h2*3-6,9,12,14,22-23H,7-8,10-11,13H2,1-2H3/t14-,29+;14-,29-/m11/s1. The Morgan fingerprint density at radius 1 is 0.655 bits per heavy atom. The number of rotatable bonds is 8. The smallest absolute Gasteiger partial charge is 0.162 e. The topological polar surface area (TPSA) is 190 Å². The van der Waals surface area contributed by atoms with Crippen LogP contribution in [0.3, 0.4) is 0 Å². The average molecular weight is 823 g/mol. The lowest BCUT2D eigenvalue weighted by molar-refractivity contribution is 0.0985. The number of nitrogens with zero attached hydrogens (tertiary/aromatic N) is 6. The number of fused-ring (bicyclic) bond motifs is 2. The van der Waals surface area contributed by atoms with Gasteiger partial charge in [-0.05, 0) is 63.8 Å². The maximum atomic E-state index is 12.8. The van der Waals surface area contributed by atoms with E-state index in [-0.39, 0.29) is 12.1 Å². The largest absolute Gasteiger partial charge is 0.377 e. The molecule has 0 spiro atoms. The van der Waals surface area contributed by atoms with Gasteiger partial charge in [-0.15, -0.1) is 0 Å². The van der Waals surface area contributed by atoms with Gasteiger partial charge >= 0.3 is 0 Å². The number of anilines is 2. The molecule has 2 aliphatic heterocycles. The summed E-state index contributed by atoms with van der Waals surface area (Å²) in [5, 5.41) is 2.11. The van der Waals surface area contributed by atoms with Gasteiger partial charge in [-0.2, -0.15) is 0 Å². The minimum absolute atomic E-state index is 0.194. The van der Waals surface area contributed by atoms with Gasteiger partial charge in [-0.3, -0.25) is 9.56 Å². The Hall–Kier alpha value is -4.90. The summed E-state index contributed by atoms with van der Waals surface area (Å²) in [5.74, 6) is 2.89. The lowest BCUT2D eigenvalue weighted by Gasteiger charge is -2.35. The molecule has 4 fully saturated rings. The van der Waals surface area contributed by atoms with Crippen LogP contribution < -0.4 is 9.80 Å². The molecule has 2 aromatic carbocycles. The monoisotopic (exact) mass is 822 g/mol. The van der Waals surface area contributed by atoms with E-state index >= 15 is 0 Å². The lowest BCUT2D eigenvalue weighted by Crippen LogP contribution is -2.44. The zero-order valence-electron chi connectivity index (χ0n) is 33.3. The third-order valence-corrected chi connectivity index (χ3v) is 16.5. The molecule has 6 aromatic rings. The van der Waals surface area contributed by atoms with Gasteiger partial charge in [0.15, 0.2) is 11.6 Å². The van der Waals surface area contributed by atoms with Crippen molar-refractivity contribution in [3.05, 3.63) is 84.4 Å². The van der Waals surface area contributed by atoms with Gasteiger partial charge in [-0.25, -0.2) is 28.4 Å². The fourth-order valence-corrected chi connectivity index (χ4v) is 11.3. The van der Waals surface area contributed by atoms with Crippen molar-refractivity contribution in [1.29, 1.82) is 9.56 Å². The van der Waals surface area contributed by atoms with Crippen molar-refractivity contribution in [2.24, 2.45) is 0 Å². The fraction of sp³-hybridized carbons (Fsp3) is 0.429. The number of benzene rings is 2. The first-order valence-electron chi connectivity index (χ1n) is 19.9. The summed E-state index contributed by atoms with van der Waals surface area (Å²) in [6, 6.07) is 20.4. The van der Waals surface area contributed by atoms with E-state index in [9.17, 15) is 8.42 Å². The predicted molar refractivity (Wildman–Crippen MR) is 229 cm³/mol. The highest BCUT2D eigenvalue weighted by molar-refractivity contribution is 7.93. The fourth-order valence-electron chi connectivity index (χ4n) is 8.48. The van der Waals surface area contributed by atoms with E-state index < -0.39 is 29.0 Å². The first-order valence-corrected chi connectivity index (χ1v) is 23.8. The van der Waals surface area contributed by atoms with Crippen molar-refractivity contribution in [2.45, 2.75) is 61.1 Å². The molecule has 4 N–H and O–H groups in total. The maximum absolute atomic E-state index is 12.8. The molecule has 4 atom stereocenters. The summed E-state index contributed by atoms with van der Waals surface area (Å²) in [5.41, 5.74) is 5.39. The van der Waals surface area contributed by atoms with Crippen LogP contribution in [0.25, 0.3) is 44.6 Å². The number of hydrogen-bond acceptors (Lipinski definition) is 12. The Morgan fingerprint density at radius 2 is 1.07 bits per heavy atom. The van der Waals surface area contributed by atoms with Crippen LogP contribution in [0.5, 0.6) is 0 Å². The van der Waals surface area contributed by atoms with E-state index in [1.54, 1.807) is 0 Å². The molecule has 2 saturated carbocycles. The first-order chi connectivity index (χ1) is 27.8. The number of morpholine rings is 2. The lowest BCUT2D eigenvalue weighted by atomic mass is 10.1. The van der Waals surface area contributed by atoms with Gasteiger partial charge in [0.1, 0.15) is 11.6 Å². The molecule has 14 nitrogen and oxygen atoms in total. The predicted octanol–water partition coefficient (Wildman–Crippen LogP) is 7.03. The van der Waals surface area contributed by atoms with Crippen LogP contribution in [0.1, 0.15) is 50.9 Å².